The summed E-state index contributed by atoms with van der Waals surface area (Å²) in [6, 6.07) is 8.74. The van der Waals surface area contributed by atoms with Gasteiger partial charge in [0.05, 0.1) is 11.4 Å². The minimum Gasteiger partial charge on any atom is -0.357 e. The summed E-state index contributed by atoms with van der Waals surface area (Å²) in [6.45, 7) is 8.23. The van der Waals surface area contributed by atoms with Crippen molar-refractivity contribution in [2.75, 3.05) is 25.9 Å². The van der Waals surface area contributed by atoms with E-state index < -0.39 is 27.4 Å². The van der Waals surface area contributed by atoms with Crippen LogP contribution < -0.4 is 10.6 Å². The van der Waals surface area contributed by atoms with Gasteiger partial charge < -0.3 is 15.2 Å². The first-order chi connectivity index (χ1) is 15.5. The predicted molar refractivity (Wildman–Crippen MR) is 127 cm³/mol. The van der Waals surface area contributed by atoms with E-state index in [9.17, 15) is 18.0 Å². The van der Waals surface area contributed by atoms with Crippen molar-refractivity contribution in [3.05, 3.63) is 41.7 Å². The fraction of sp³-hybridized carbons (Fsp3) is 0.522. The molecule has 0 fully saturated rings. The second kappa shape index (κ2) is 9.64. The Morgan fingerprint density at radius 3 is 2.36 bits per heavy atom. The molecule has 1 unspecified atom stereocenters. The zero-order valence-electron chi connectivity index (χ0n) is 19.9. The number of imidazole rings is 1. The normalized spacial score (nSPS) is 15.9. The van der Waals surface area contributed by atoms with Gasteiger partial charge in [-0.15, -0.1) is 0 Å². The van der Waals surface area contributed by atoms with E-state index in [-0.39, 0.29) is 23.9 Å². The number of hydrogen-bond acceptors (Lipinski definition) is 5. The van der Waals surface area contributed by atoms with Gasteiger partial charge in [-0.2, -0.15) is 4.31 Å². The van der Waals surface area contributed by atoms with E-state index in [0.29, 0.717) is 31.0 Å². The van der Waals surface area contributed by atoms with E-state index >= 15 is 0 Å². The van der Waals surface area contributed by atoms with Crippen LogP contribution in [-0.4, -0.2) is 66.0 Å². The molecule has 2 heterocycles. The van der Waals surface area contributed by atoms with Gasteiger partial charge in [-0.3, -0.25) is 9.59 Å². The van der Waals surface area contributed by atoms with Crippen molar-refractivity contribution in [1.82, 2.24) is 24.5 Å². The Balaban J connectivity index is 2.04. The van der Waals surface area contributed by atoms with E-state index in [4.69, 9.17) is 0 Å². The van der Waals surface area contributed by atoms with Crippen molar-refractivity contribution in [2.45, 2.75) is 46.7 Å². The van der Waals surface area contributed by atoms with Gasteiger partial charge in [0.25, 0.3) is 5.91 Å². The molecule has 33 heavy (non-hydrogen) atoms. The molecular formula is C23H33N5O4S. The van der Waals surface area contributed by atoms with Crippen molar-refractivity contribution >= 4 is 21.8 Å². The summed E-state index contributed by atoms with van der Waals surface area (Å²) in [4.78, 5) is 30.5. The van der Waals surface area contributed by atoms with Crippen molar-refractivity contribution in [3.63, 3.8) is 0 Å². The maximum atomic E-state index is 13.4. The zero-order chi connectivity index (χ0) is 24.4. The molecule has 2 N–H and O–H groups in total. The highest BCUT2D eigenvalue weighted by Gasteiger charge is 2.35. The molecule has 0 radical (unpaired) electrons. The van der Waals surface area contributed by atoms with Gasteiger partial charge in [-0.1, -0.05) is 51.1 Å². The number of nitrogens with one attached hydrogen (secondary N) is 2. The van der Waals surface area contributed by atoms with Crippen molar-refractivity contribution in [3.8, 4) is 11.4 Å². The Bertz CT molecular complexity index is 1120. The molecule has 0 aliphatic carbocycles. The minimum atomic E-state index is -3.36. The molecule has 0 spiro atoms. The summed E-state index contributed by atoms with van der Waals surface area (Å²) in [5.74, 6) is -0.0991. The van der Waals surface area contributed by atoms with Gasteiger partial charge in [0.15, 0.2) is 0 Å². The van der Waals surface area contributed by atoms with Gasteiger partial charge in [0.2, 0.25) is 15.9 Å². The first kappa shape index (κ1) is 24.9. The number of carbonyl (C=O) groups excluding carboxylic acids is 2. The van der Waals surface area contributed by atoms with E-state index in [1.54, 1.807) is 6.92 Å². The van der Waals surface area contributed by atoms with E-state index in [1.165, 1.54) is 11.4 Å². The molecular weight excluding hydrogens is 442 g/mol. The van der Waals surface area contributed by atoms with Crippen LogP contribution in [0.25, 0.3) is 11.4 Å². The number of nitrogens with zero attached hydrogens (tertiary/aromatic N) is 3. The fourth-order valence-electron chi connectivity index (χ4n) is 4.00. The second-order valence-corrected chi connectivity index (χ2v) is 11.4. The molecule has 10 heteroatoms. The maximum absolute atomic E-state index is 13.4. The molecule has 0 saturated carbocycles. The number of fused-ring (bicyclic) bond motifs is 1. The minimum absolute atomic E-state index is 0.0262. The van der Waals surface area contributed by atoms with Crippen LogP contribution in [0.5, 0.6) is 0 Å². The molecule has 1 atom stereocenters. The Morgan fingerprint density at radius 2 is 1.79 bits per heavy atom. The molecule has 9 nitrogen and oxygen atoms in total. The third-order valence-electron chi connectivity index (χ3n) is 5.90. The highest BCUT2D eigenvalue weighted by atomic mass is 32.2. The second-order valence-electron chi connectivity index (χ2n) is 9.18. The summed E-state index contributed by atoms with van der Waals surface area (Å²) in [7, 11) is -1.82. The lowest BCUT2D eigenvalue weighted by atomic mass is 9.86. The molecule has 180 valence electrons. The standard InChI is InChI=1S/C23H33N5O4S/c1-6-33(31,32)27-13-12-17-18(21(29)26-19(22(30)24-5)23(2,3)4)25-20(28(17)15-14-27)16-10-8-7-9-11-16/h7-11,19H,6,12-15H2,1-5H3,(H,24,30)(H,26,29). The van der Waals surface area contributed by atoms with Crippen LogP contribution in [0.2, 0.25) is 0 Å². The smallest absolute Gasteiger partial charge is 0.272 e. The van der Waals surface area contributed by atoms with Gasteiger partial charge in [0, 0.05) is 38.7 Å². The lowest BCUT2D eigenvalue weighted by molar-refractivity contribution is -0.124. The van der Waals surface area contributed by atoms with Gasteiger partial charge in [-0.05, 0) is 12.3 Å². The quantitative estimate of drug-likeness (QED) is 0.660. The van der Waals surface area contributed by atoms with E-state index in [2.05, 4.69) is 15.6 Å². The monoisotopic (exact) mass is 475 g/mol. The van der Waals surface area contributed by atoms with Gasteiger partial charge >= 0.3 is 0 Å². The summed E-state index contributed by atoms with van der Waals surface area (Å²) in [5, 5.41) is 5.46. The third kappa shape index (κ3) is 5.27. The molecule has 1 aromatic heterocycles. The highest BCUT2D eigenvalue weighted by Crippen LogP contribution is 2.27. The molecule has 3 rings (SSSR count). The van der Waals surface area contributed by atoms with Crippen LogP contribution in [0.3, 0.4) is 0 Å². The van der Waals surface area contributed by atoms with E-state index in [0.717, 1.165) is 5.56 Å². The summed E-state index contributed by atoms with van der Waals surface area (Å²) >= 11 is 0. The number of sulfonamides is 1. The van der Waals surface area contributed by atoms with Crippen molar-refractivity contribution < 1.29 is 18.0 Å². The first-order valence-corrected chi connectivity index (χ1v) is 12.8. The topological polar surface area (TPSA) is 113 Å². The summed E-state index contributed by atoms with van der Waals surface area (Å²) in [5.41, 5.74) is 1.22. The van der Waals surface area contributed by atoms with Gasteiger partial charge in [-0.25, -0.2) is 13.4 Å². The van der Waals surface area contributed by atoms with Crippen LogP contribution in [0.15, 0.2) is 30.3 Å². The molecule has 2 amide bonds. The lowest BCUT2D eigenvalue weighted by Crippen LogP contribution is -2.53. The maximum Gasteiger partial charge on any atom is 0.272 e. The zero-order valence-corrected chi connectivity index (χ0v) is 20.7. The molecule has 1 aliphatic heterocycles. The van der Waals surface area contributed by atoms with Crippen LogP contribution in [0.1, 0.15) is 43.9 Å². The number of hydrogen-bond donors (Lipinski definition) is 2. The predicted octanol–water partition coefficient (Wildman–Crippen LogP) is 1.65. The van der Waals surface area contributed by atoms with Crippen LogP contribution in [0, 0.1) is 5.41 Å². The number of amides is 2. The number of aromatic nitrogens is 2. The average molecular weight is 476 g/mol. The van der Waals surface area contributed by atoms with Crippen LogP contribution in [-0.2, 0) is 27.8 Å². The number of rotatable bonds is 6. The molecule has 0 bridgehead atoms. The average Bonchev–Trinajstić information content (AvgIpc) is 3.00. The Kier molecular flexibility index (Phi) is 7.28. The van der Waals surface area contributed by atoms with Crippen LogP contribution >= 0.6 is 0 Å². The number of likely N-dealkylation sites (N-methyl/N-ethyl adjacent to an activating group) is 1. The van der Waals surface area contributed by atoms with Gasteiger partial charge in [0.1, 0.15) is 17.6 Å². The SMILES string of the molecule is CCS(=O)(=O)N1CCc2c(C(=O)NC(C(=O)NC)C(C)(C)C)nc(-c3ccccc3)n2CC1. The summed E-state index contributed by atoms with van der Waals surface area (Å²) in [6.07, 6.45) is 0.349. The molecule has 0 saturated heterocycles. The fourth-order valence-corrected chi connectivity index (χ4v) is 5.10. The lowest BCUT2D eigenvalue weighted by Gasteiger charge is -2.29. The Labute approximate surface area is 195 Å². The first-order valence-electron chi connectivity index (χ1n) is 11.1. The number of carbonyl (C=O) groups is 2. The van der Waals surface area contributed by atoms with Crippen molar-refractivity contribution in [2.24, 2.45) is 5.41 Å². The molecule has 1 aromatic carbocycles. The van der Waals surface area contributed by atoms with Crippen LogP contribution in [0.4, 0.5) is 0 Å². The Hall–Kier alpha value is -2.72. The van der Waals surface area contributed by atoms with Crippen molar-refractivity contribution in [1.29, 1.82) is 0 Å². The van der Waals surface area contributed by atoms with E-state index in [1.807, 2.05) is 55.7 Å². The Morgan fingerprint density at radius 1 is 1.12 bits per heavy atom. The largest absolute Gasteiger partial charge is 0.357 e. The summed E-state index contributed by atoms with van der Waals surface area (Å²) < 4.78 is 28.4. The molecule has 2 aromatic rings. The highest BCUT2D eigenvalue weighted by molar-refractivity contribution is 7.89. The molecule has 1 aliphatic rings. The number of benzene rings is 1. The third-order valence-corrected chi connectivity index (χ3v) is 7.78.